The minimum absolute atomic E-state index is 0.00497. The van der Waals surface area contributed by atoms with Gasteiger partial charge in [0, 0.05) is 25.1 Å². The van der Waals surface area contributed by atoms with Crippen LogP contribution in [0.15, 0.2) is 0 Å². The smallest absolute Gasteiger partial charge is 0.315 e. The van der Waals surface area contributed by atoms with Crippen molar-refractivity contribution in [3.8, 4) is 0 Å². The van der Waals surface area contributed by atoms with Gasteiger partial charge in [0.05, 0.1) is 6.10 Å². The maximum Gasteiger partial charge on any atom is 0.315 e. The number of rotatable bonds is 3. The summed E-state index contributed by atoms with van der Waals surface area (Å²) in [5.41, 5.74) is 0.122. The van der Waals surface area contributed by atoms with E-state index in [9.17, 15) is 4.79 Å². The number of carbonyl (C=O) groups excluding carboxylic acids is 1. The molecule has 0 aromatic rings. The van der Waals surface area contributed by atoms with Gasteiger partial charge in [-0.1, -0.05) is 34.6 Å². The van der Waals surface area contributed by atoms with Crippen molar-refractivity contribution in [3.05, 3.63) is 0 Å². The Kier molecular flexibility index (Phi) is 6.35. The van der Waals surface area contributed by atoms with E-state index in [2.05, 4.69) is 45.3 Å². The molecule has 0 unspecified atom stereocenters. The molecule has 0 bridgehead atoms. The maximum absolute atomic E-state index is 12.3. The lowest BCUT2D eigenvalue weighted by molar-refractivity contribution is -0.0838. The third-order valence-electron chi connectivity index (χ3n) is 5.57. The van der Waals surface area contributed by atoms with Crippen LogP contribution in [0.1, 0.15) is 66.7 Å². The molecule has 0 aromatic carbocycles. The third-order valence-corrected chi connectivity index (χ3v) is 5.57. The minimum Gasteiger partial charge on any atom is -0.377 e. The van der Waals surface area contributed by atoms with Crippen LogP contribution in [0.25, 0.3) is 0 Å². The summed E-state index contributed by atoms with van der Waals surface area (Å²) in [6, 6.07) is 0.321. The SMILES string of the molecule is C[C@@H]1CC[C@H](NC(=O)NC[C@@H]2CCCO[C@@H]2C(C)(C)C)[C@@H](C)C1. The van der Waals surface area contributed by atoms with Crippen LogP contribution < -0.4 is 10.6 Å². The van der Waals surface area contributed by atoms with Crippen molar-refractivity contribution in [2.45, 2.75) is 78.9 Å². The van der Waals surface area contributed by atoms with Crippen molar-refractivity contribution in [1.29, 1.82) is 0 Å². The molecule has 23 heavy (non-hydrogen) atoms. The zero-order chi connectivity index (χ0) is 17.0. The Balaban J connectivity index is 1.79. The van der Waals surface area contributed by atoms with Gasteiger partial charge in [-0.05, 0) is 49.4 Å². The summed E-state index contributed by atoms with van der Waals surface area (Å²) in [5, 5.41) is 6.29. The topological polar surface area (TPSA) is 50.4 Å². The van der Waals surface area contributed by atoms with E-state index in [0.717, 1.165) is 31.8 Å². The molecule has 2 N–H and O–H groups in total. The van der Waals surface area contributed by atoms with E-state index in [1.165, 1.54) is 12.8 Å². The van der Waals surface area contributed by atoms with Crippen LogP contribution in [0, 0.1) is 23.2 Å². The van der Waals surface area contributed by atoms with Gasteiger partial charge < -0.3 is 15.4 Å². The van der Waals surface area contributed by atoms with Crippen molar-refractivity contribution in [1.82, 2.24) is 10.6 Å². The molecule has 4 nitrogen and oxygen atoms in total. The summed E-state index contributed by atoms with van der Waals surface area (Å²) >= 11 is 0. The highest BCUT2D eigenvalue weighted by atomic mass is 16.5. The van der Waals surface area contributed by atoms with Crippen LogP contribution in [0.4, 0.5) is 4.79 Å². The molecule has 4 heteroatoms. The van der Waals surface area contributed by atoms with Gasteiger partial charge in [0.2, 0.25) is 0 Å². The van der Waals surface area contributed by atoms with E-state index in [0.29, 0.717) is 24.4 Å². The molecule has 2 rings (SSSR count). The molecular formula is C19H36N2O2. The van der Waals surface area contributed by atoms with Crippen molar-refractivity contribution in [2.24, 2.45) is 23.2 Å². The summed E-state index contributed by atoms with van der Waals surface area (Å²) in [6.07, 6.45) is 6.00. The predicted octanol–water partition coefficient (Wildman–Crippen LogP) is 3.95. The van der Waals surface area contributed by atoms with Crippen LogP contribution in [0.5, 0.6) is 0 Å². The van der Waals surface area contributed by atoms with Crippen LogP contribution >= 0.6 is 0 Å². The number of carbonyl (C=O) groups is 1. The zero-order valence-electron chi connectivity index (χ0n) is 15.7. The molecule has 2 aliphatic rings. The van der Waals surface area contributed by atoms with Gasteiger partial charge in [-0.3, -0.25) is 0 Å². The molecule has 2 fully saturated rings. The maximum atomic E-state index is 12.3. The summed E-state index contributed by atoms with van der Waals surface area (Å²) in [4.78, 5) is 12.3. The molecule has 134 valence electrons. The highest BCUT2D eigenvalue weighted by Gasteiger charge is 2.35. The van der Waals surface area contributed by atoms with Gasteiger partial charge in [-0.2, -0.15) is 0 Å². The van der Waals surface area contributed by atoms with Crippen LogP contribution in [-0.4, -0.2) is 31.3 Å². The third kappa shape index (κ3) is 5.37. The Hall–Kier alpha value is -0.770. The average molecular weight is 325 g/mol. The molecular weight excluding hydrogens is 288 g/mol. The first-order valence-corrected chi connectivity index (χ1v) is 9.43. The van der Waals surface area contributed by atoms with E-state index in [1.54, 1.807) is 0 Å². The van der Waals surface area contributed by atoms with E-state index in [1.807, 2.05) is 0 Å². The first kappa shape index (κ1) is 18.6. The molecule has 1 heterocycles. The van der Waals surface area contributed by atoms with Crippen LogP contribution in [-0.2, 0) is 4.74 Å². The molecule has 1 aliphatic heterocycles. The van der Waals surface area contributed by atoms with E-state index >= 15 is 0 Å². The van der Waals surface area contributed by atoms with Gasteiger partial charge in [0.15, 0.2) is 0 Å². The second-order valence-electron chi connectivity index (χ2n) is 8.92. The summed E-state index contributed by atoms with van der Waals surface area (Å²) < 4.78 is 5.99. The van der Waals surface area contributed by atoms with Crippen molar-refractivity contribution >= 4 is 6.03 Å². The Morgan fingerprint density at radius 3 is 2.57 bits per heavy atom. The standard InChI is InChI=1S/C19H36N2O2/c1-13-8-9-16(14(2)11-13)21-18(22)20-12-15-7-6-10-23-17(15)19(3,4)5/h13-17H,6-12H2,1-5H3,(H2,20,21,22)/t13-,14+,15+,16+,17+/m1/s1. The fourth-order valence-corrected chi connectivity index (χ4v) is 4.33. The normalized spacial score (nSPS) is 35.6. The second-order valence-corrected chi connectivity index (χ2v) is 8.92. The molecule has 1 aliphatic carbocycles. The molecule has 2 amide bonds. The largest absolute Gasteiger partial charge is 0.377 e. The molecule has 0 spiro atoms. The fraction of sp³-hybridized carbons (Fsp3) is 0.947. The minimum atomic E-state index is -0.00497. The van der Waals surface area contributed by atoms with Crippen molar-refractivity contribution < 1.29 is 9.53 Å². The lowest BCUT2D eigenvalue weighted by atomic mass is 9.78. The Labute approximate surface area is 142 Å². The molecule has 5 atom stereocenters. The Morgan fingerprint density at radius 1 is 1.17 bits per heavy atom. The van der Waals surface area contributed by atoms with E-state index < -0.39 is 0 Å². The lowest BCUT2D eigenvalue weighted by Gasteiger charge is -2.40. The van der Waals surface area contributed by atoms with Crippen LogP contribution in [0.2, 0.25) is 0 Å². The quantitative estimate of drug-likeness (QED) is 0.826. The lowest BCUT2D eigenvalue weighted by Crippen LogP contribution is -2.50. The fourth-order valence-electron chi connectivity index (χ4n) is 4.33. The Bertz CT molecular complexity index is 391. The first-order valence-electron chi connectivity index (χ1n) is 9.43. The van der Waals surface area contributed by atoms with Crippen LogP contribution in [0.3, 0.4) is 0 Å². The van der Waals surface area contributed by atoms with Gasteiger partial charge in [0.25, 0.3) is 0 Å². The highest BCUT2D eigenvalue weighted by Crippen LogP contribution is 2.33. The van der Waals surface area contributed by atoms with Crippen molar-refractivity contribution in [2.75, 3.05) is 13.2 Å². The Morgan fingerprint density at radius 2 is 1.91 bits per heavy atom. The monoisotopic (exact) mass is 324 g/mol. The summed E-state index contributed by atoms with van der Waals surface area (Å²) in [5.74, 6) is 1.78. The predicted molar refractivity (Wildman–Crippen MR) is 94.4 cm³/mol. The number of ether oxygens (including phenoxy) is 1. The number of hydrogen-bond donors (Lipinski definition) is 2. The number of nitrogens with one attached hydrogen (secondary N) is 2. The number of amides is 2. The van der Waals surface area contributed by atoms with Gasteiger partial charge in [-0.15, -0.1) is 0 Å². The molecule has 0 aromatic heterocycles. The van der Waals surface area contributed by atoms with E-state index in [4.69, 9.17) is 4.74 Å². The van der Waals surface area contributed by atoms with Gasteiger partial charge >= 0.3 is 6.03 Å². The van der Waals surface area contributed by atoms with Crippen molar-refractivity contribution in [3.63, 3.8) is 0 Å². The van der Waals surface area contributed by atoms with E-state index in [-0.39, 0.29) is 17.6 Å². The van der Waals surface area contributed by atoms with Gasteiger partial charge in [0.1, 0.15) is 0 Å². The zero-order valence-corrected chi connectivity index (χ0v) is 15.7. The molecule has 0 radical (unpaired) electrons. The van der Waals surface area contributed by atoms with Gasteiger partial charge in [-0.25, -0.2) is 4.79 Å². The highest BCUT2D eigenvalue weighted by molar-refractivity contribution is 5.74. The number of urea groups is 1. The first-order chi connectivity index (χ1) is 10.8. The molecule has 1 saturated heterocycles. The summed E-state index contributed by atoms with van der Waals surface area (Å²) in [6.45, 7) is 12.8. The summed E-state index contributed by atoms with van der Waals surface area (Å²) in [7, 11) is 0. The number of hydrogen-bond acceptors (Lipinski definition) is 2. The second kappa shape index (κ2) is 7.87. The average Bonchev–Trinajstić information content (AvgIpc) is 2.47. The molecule has 1 saturated carbocycles.